The van der Waals surface area contributed by atoms with Crippen molar-refractivity contribution in [3.63, 3.8) is 0 Å². The van der Waals surface area contributed by atoms with Gasteiger partial charge >= 0.3 is 11.9 Å². The first-order chi connectivity index (χ1) is 8.13. The number of hydrogen-bond acceptors (Lipinski definition) is 4. The van der Waals surface area contributed by atoms with Gasteiger partial charge < -0.3 is 9.47 Å². The third-order valence-corrected chi connectivity index (χ3v) is 5.21. The van der Waals surface area contributed by atoms with Gasteiger partial charge in [0.05, 0.1) is 14.2 Å². The Morgan fingerprint density at radius 3 is 1.76 bits per heavy atom. The lowest BCUT2D eigenvalue weighted by molar-refractivity contribution is -0.140. The van der Waals surface area contributed by atoms with Crippen molar-refractivity contribution in [1.82, 2.24) is 0 Å². The second-order valence-corrected chi connectivity index (χ2v) is 6.53. The van der Waals surface area contributed by atoms with E-state index in [0.717, 1.165) is 31.3 Å². The first-order valence-corrected chi connectivity index (χ1v) is 7.89. The molecule has 5 heteroatoms. The van der Waals surface area contributed by atoms with E-state index in [9.17, 15) is 9.59 Å². The van der Waals surface area contributed by atoms with Crippen LogP contribution in [0, 0.1) is 0 Å². The zero-order valence-electron chi connectivity index (χ0n) is 11.0. The van der Waals surface area contributed by atoms with Crippen LogP contribution in [-0.2, 0) is 19.1 Å². The van der Waals surface area contributed by atoms with Gasteiger partial charge in [0.2, 0.25) is 0 Å². The summed E-state index contributed by atoms with van der Waals surface area (Å²) in [5, 5.41) is 0. The lowest BCUT2D eigenvalue weighted by Crippen LogP contribution is -2.08. The maximum absolute atomic E-state index is 11.1. The number of carbonyl (C=O) groups excluding carboxylic acids is 2. The van der Waals surface area contributed by atoms with E-state index in [1.165, 1.54) is 14.2 Å². The fourth-order valence-electron chi connectivity index (χ4n) is 1.42. The molecule has 0 saturated carbocycles. The molecule has 0 heterocycles. The fourth-order valence-corrected chi connectivity index (χ4v) is 3.85. The van der Waals surface area contributed by atoms with Crippen molar-refractivity contribution in [1.29, 1.82) is 0 Å². The van der Waals surface area contributed by atoms with Gasteiger partial charge in [0.15, 0.2) is 0 Å². The lowest BCUT2D eigenvalue weighted by Gasteiger charge is -2.16. The van der Waals surface area contributed by atoms with E-state index < -0.39 is 0 Å². The highest BCUT2D eigenvalue weighted by Crippen LogP contribution is 2.38. The van der Waals surface area contributed by atoms with Crippen molar-refractivity contribution >= 4 is 19.9 Å². The third kappa shape index (κ3) is 9.11. The molecule has 0 amide bonds. The van der Waals surface area contributed by atoms with Crippen molar-refractivity contribution in [3.8, 4) is 0 Å². The Balaban J connectivity index is 3.95. The average molecular weight is 262 g/mol. The van der Waals surface area contributed by atoms with E-state index in [0.29, 0.717) is 12.8 Å². The number of ether oxygens (including phenoxy) is 2. The van der Waals surface area contributed by atoms with Crippen LogP contribution in [0.15, 0.2) is 0 Å². The molecule has 0 N–H and O–H groups in total. The molecule has 0 saturated heterocycles. The Hall–Kier alpha value is -0.630. The molecular formula is C12H23O4P. The van der Waals surface area contributed by atoms with Gasteiger partial charge in [-0.15, -0.1) is 7.92 Å². The summed E-state index contributed by atoms with van der Waals surface area (Å²) in [4.78, 5) is 22.2. The topological polar surface area (TPSA) is 52.6 Å². The maximum Gasteiger partial charge on any atom is 0.305 e. The molecule has 0 aliphatic rings. The average Bonchev–Trinajstić information content (AvgIpc) is 2.36. The molecule has 0 radical (unpaired) electrons. The lowest BCUT2D eigenvalue weighted by atomic mass is 10.4. The Bertz CT molecular complexity index is 211. The van der Waals surface area contributed by atoms with Gasteiger partial charge in [0, 0.05) is 12.8 Å². The van der Waals surface area contributed by atoms with Crippen LogP contribution >= 0.6 is 7.92 Å². The van der Waals surface area contributed by atoms with Crippen LogP contribution in [0.3, 0.4) is 0 Å². The minimum absolute atomic E-state index is 0.160. The summed E-state index contributed by atoms with van der Waals surface area (Å²) in [6.07, 6.45) is 6.08. The molecule has 0 aromatic heterocycles. The predicted molar refractivity (Wildman–Crippen MR) is 69.7 cm³/mol. The maximum atomic E-state index is 11.1. The zero-order valence-corrected chi connectivity index (χ0v) is 11.9. The van der Waals surface area contributed by atoms with Gasteiger partial charge in [-0.3, -0.25) is 9.59 Å². The number of rotatable bonds is 9. The van der Waals surface area contributed by atoms with Crippen LogP contribution in [0.5, 0.6) is 0 Å². The summed E-state index contributed by atoms with van der Waals surface area (Å²) in [6, 6.07) is 0. The minimum atomic E-state index is -0.245. The van der Waals surface area contributed by atoms with Crippen LogP contribution in [0.1, 0.15) is 32.6 Å². The molecule has 0 aromatic carbocycles. The van der Waals surface area contributed by atoms with Crippen molar-refractivity contribution in [2.75, 3.05) is 32.7 Å². The number of carbonyl (C=O) groups is 2. The number of hydrogen-bond donors (Lipinski definition) is 0. The highest BCUT2D eigenvalue weighted by atomic mass is 31.1. The Morgan fingerprint density at radius 1 is 0.941 bits per heavy atom. The van der Waals surface area contributed by atoms with Gasteiger partial charge in [0.25, 0.3) is 0 Å². The number of methoxy groups -OCH3 is 2. The van der Waals surface area contributed by atoms with Crippen molar-refractivity contribution < 1.29 is 19.1 Å². The molecule has 0 fully saturated rings. The predicted octanol–water partition coefficient (Wildman–Crippen LogP) is 2.39. The molecule has 17 heavy (non-hydrogen) atoms. The van der Waals surface area contributed by atoms with E-state index in [4.69, 9.17) is 0 Å². The van der Waals surface area contributed by atoms with E-state index >= 15 is 0 Å². The van der Waals surface area contributed by atoms with Crippen molar-refractivity contribution in [2.45, 2.75) is 32.6 Å². The largest absolute Gasteiger partial charge is 0.469 e. The quantitative estimate of drug-likeness (QED) is 0.473. The zero-order chi connectivity index (χ0) is 13.1. The SMILES string of the molecule is CCCCP(CCC(=O)OC)CCC(=O)OC. The molecule has 0 spiro atoms. The van der Waals surface area contributed by atoms with E-state index in [1.807, 2.05) is 0 Å². The third-order valence-electron chi connectivity index (χ3n) is 2.55. The first-order valence-electron chi connectivity index (χ1n) is 6.00. The highest BCUT2D eigenvalue weighted by Gasteiger charge is 2.12. The summed E-state index contributed by atoms with van der Waals surface area (Å²) in [6.45, 7) is 2.15. The smallest absolute Gasteiger partial charge is 0.305 e. The van der Waals surface area contributed by atoms with Crippen LogP contribution < -0.4 is 0 Å². The van der Waals surface area contributed by atoms with Crippen LogP contribution in [0.25, 0.3) is 0 Å². The Morgan fingerprint density at radius 2 is 1.41 bits per heavy atom. The molecule has 0 aromatic rings. The molecule has 0 aliphatic carbocycles. The van der Waals surface area contributed by atoms with Crippen molar-refractivity contribution in [3.05, 3.63) is 0 Å². The number of esters is 2. The first kappa shape index (κ1) is 16.4. The number of unbranched alkanes of at least 4 members (excludes halogenated alkanes) is 1. The molecule has 0 bridgehead atoms. The van der Waals surface area contributed by atoms with Gasteiger partial charge in [-0.05, 0) is 24.9 Å². The molecule has 0 unspecified atom stereocenters. The van der Waals surface area contributed by atoms with Gasteiger partial charge in [-0.2, -0.15) is 0 Å². The normalized spacial score (nSPS) is 10.4. The van der Waals surface area contributed by atoms with Gasteiger partial charge in [-0.1, -0.05) is 13.3 Å². The highest BCUT2D eigenvalue weighted by molar-refractivity contribution is 7.57. The van der Waals surface area contributed by atoms with E-state index in [2.05, 4.69) is 16.4 Å². The summed E-state index contributed by atoms with van der Waals surface area (Å²) in [5.74, 6) is -0.320. The van der Waals surface area contributed by atoms with Crippen LogP contribution in [-0.4, -0.2) is 44.6 Å². The second kappa shape index (κ2) is 10.5. The Labute approximate surface area is 105 Å². The summed E-state index contributed by atoms with van der Waals surface area (Å²) < 4.78 is 9.26. The van der Waals surface area contributed by atoms with E-state index in [-0.39, 0.29) is 19.9 Å². The molecule has 0 aliphatic heterocycles. The fraction of sp³-hybridized carbons (Fsp3) is 0.833. The standard InChI is InChI=1S/C12H23O4P/c1-4-5-8-17(9-6-11(13)15-2)10-7-12(14)16-3/h4-10H2,1-3H3. The van der Waals surface area contributed by atoms with Crippen molar-refractivity contribution in [2.24, 2.45) is 0 Å². The Kier molecular flexibility index (Phi) is 10.1. The second-order valence-electron chi connectivity index (χ2n) is 3.85. The monoisotopic (exact) mass is 262 g/mol. The van der Waals surface area contributed by atoms with Gasteiger partial charge in [0.1, 0.15) is 0 Å². The van der Waals surface area contributed by atoms with Crippen LogP contribution in [0.4, 0.5) is 0 Å². The molecule has 0 rings (SSSR count). The molecule has 100 valence electrons. The molecular weight excluding hydrogens is 239 g/mol. The summed E-state index contributed by atoms with van der Waals surface area (Å²) in [5.41, 5.74) is 0. The summed E-state index contributed by atoms with van der Waals surface area (Å²) >= 11 is 0. The van der Waals surface area contributed by atoms with Crippen LogP contribution in [0.2, 0.25) is 0 Å². The van der Waals surface area contributed by atoms with Gasteiger partial charge in [-0.25, -0.2) is 0 Å². The minimum Gasteiger partial charge on any atom is -0.469 e. The molecule has 4 nitrogen and oxygen atoms in total. The summed E-state index contributed by atoms with van der Waals surface area (Å²) in [7, 11) is 2.57. The molecule has 0 atom stereocenters. The van der Waals surface area contributed by atoms with E-state index in [1.54, 1.807) is 0 Å².